The van der Waals surface area contributed by atoms with Crippen LogP contribution in [0.15, 0.2) is 72.9 Å². The van der Waals surface area contributed by atoms with E-state index in [-0.39, 0.29) is 26.1 Å². The van der Waals surface area contributed by atoms with Crippen LogP contribution in [-0.4, -0.2) is 86.1 Å². The molecule has 0 aliphatic heterocycles. The summed E-state index contributed by atoms with van der Waals surface area (Å²) in [5.41, 5.74) is 0. The maximum atomic E-state index is 12.7. The molecule has 0 heterocycles. The van der Waals surface area contributed by atoms with Crippen LogP contribution in [0, 0.1) is 0 Å². The number of rotatable bonds is 38. The van der Waals surface area contributed by atoms with Gasteiger partial charge in [0.25, 0.3) is 0 Å². The fourth-order valence-electron chi connectivity index (χ4n) is 5.36. The molecule has 0 radical (unpaired) electrons. The van der Waals surface area contributed by atoms with Gasteiger partial charge >= 0.3 is 19.8 Å². The Balaban J connectivity index is 4.52. The van der Waals surface area contributed by atoms with Crippen LogP contribution in [0.2, 0.25) is 0 Å². The number of carbonyl (C=O) groups excluding carboxylic acids is 2. The van der Waals surface area contributed by atoms with Crippen LogP contribution in [0.3, 0.4) is 0 Å². The summed E-state index contributed by atoms with van der Waals surface area (Å²) in [4.78, 5) is 35.3. The highest BCUT2D eigenvalue weighted by molar-refractivity contribution is 7.47. The van der Waals surface area contributed by atoms with Gasteiger partial charge in [0, 0.05) is 12.8 Å². The molecule has 57 heavy (non-hydrogen) atoms. The van der Waals surface area contributed by atoms with Crippen LogP contribution >= 0.6 is 7.82 Å². The lowest BCUT2D eigenvalue weighted by Gasteiger charge is -2.24. The number of carbonyl (C=O) groups is 2. The summed E-state index contributed by atoms with van der Waals surface area (Å²) >= 11 is 0. The molecule has 0 aliphatic carbocycles. The van der Waals surface area contributed by atoms with Crippen LogP contribution in [0.4, 0.5) is 0 Å². The number of likely N-dealkylation sites (N-methyl/N-ethyl adjacent to an activating group) is 1. The minimum Gasteiger partial charge on any atom is -0.462 e. The van der Waals surface area contributed by atoms with Gasteiger partial charge in [-0.2, -0.15) is 0 Å². The SMILES string of the molecule is CC/C=C\C(O)C/C=C/C=C\C/C=C\C/C=C\CCCC(=O)O[C@H](COC(=O)CCCCCCCCC/C=C\CCCCCC)COP(=O)(O)OCC[N+](C)(C)C. The van der Waals surface area contributed by atoms with Gasteiger partial charge in [0.1, 0.15) is 19.8 Å². The third kappa shape index (κ3) is 41.4. The highest BCUT2D eigenvalue weighted by Crippen LogP contribution is 2.43. The Morgan fingerprint density at radius 3 is 1.88 bits per heavy atom. The van der Waals surface area contributed by atoms with E-state index >= 15 is 0 Å². The zero-order valence-corrected chi connectivity index (χ0v) is 37.3. The molecule has 0 spiro atoms. The van der Waals surface area contributed by atoms with Gasteiger partial charge in [-0.15, -0.1) is 0 Å². The quantitative estimate of drug-likeness (QED) is 0.0156. The molecule has 328 valence electrons. The van der Waals surface area contributed by atoms with Gasteiger partial charge < -0.3 is 24.0 Å². The van der Waals surface area contributed by atoms with Gasteiger partial charge in [0.05, 0.1) is 33.9 Å². The number of phosphoric acid groups is 1. The van der Waals surface area contributed by atoms with Crippen molar-refractivity contribution >= 4 is 19.8 Å². The lowest BCUT2D eigenvalue weighted by molar-refractivity contribution is -0.870. The second-order valence-corrected chi connectivity index (χ2v) is 17.0. The fourth-order valence-corrected chi connectivity index (χ4v) is 6.10. The number of quaternary nitrogens is 1. The standard InChI is InChI=1S/C46H80NO9P/c1-6-8-10-11-12-13-14-15-16-17-21-24-27-30-33-37-45(49)53-41-44(42-55-57(51,52)54-40-39-47(3,4)5)56-46(50)38-34-31-28-25-22-19-18-20-23-26-29-32-36-43(48)35-9-7-2/h9,13-14,18-19,23,25-26,28-29,32,35,43-44,48H,6-8,10-12,15-17,20-22,24,27,30-31,33-34,36-42H2,1-5H3/p+1/b14-13-,19-18-,26-23-,28-25-,32-29+,35-9-/t43?,44-/m1/s1. The van der Waals surface area contributed by atoms with Gasteiger partial charge in [0.15, 0.2) is 6.10 Å². The lowest BCUT2D eigenvalue weighted by Crippen LogP contribution is -2.37. The van der Waals surface area contributed by atoms with Crippen LogP contribution in [0.5, 0.6) is 0 Å². The predicted molar refractivity (Wildman–Crippen MR) is 235 cm³/mol. The van der Waals surface area contributed by atoms with Crippen molar-refractivity contribution in [3.8, 4) is 0 Å². The Bertz CT molecular complexity index is 1220. The number of aliphatic hydroxyl groups excluding tert-OH is 1. The zero-order chi connectivity index (χ0) is 42.3. The second kappa shape index (κ2) is 37.7. The van der Waals surface area contributed by atoms with E-state index < -0.39 is 38.6 Å². The number of unbranched alkanes of at least 4 members (excludes halogenated alkanes) is 12. The molecule has 3 atom stereocenters. The van der Waals surface area contributed by atoms with Crippen molar-refractivity contribution in [3.63, 3.8) is 0 Å². The Hall–Kier alpha value is -2.59. The van der Waals surface area contributed by atoms with Crippen molar-refractivity contribution in [3.05, 3.63) is 72.9 Å². The summed E-state index contributed by atoms with van der Waals surface area (Å²) in [5, 5.41) is 9.77. The maximum absolute atomic E-state index is 12.7. The second-order valence-electron chi connectivity index (χ2n) is 15.5. The van der Waals surface area contributed by atoms with E-state index in [4.69, 9.17) is 18.5 Å². The first-order valence-electron chi connectivity index (χ1n) is 21.8. The highest BCUT2D eigenvalue weighted by atomic mass is 31.2. The smallest absolute Gasteiger partial charge is 0.462 e. The third-order valence-corrected chi connectivity index (χ3v) is 9.78. The summed E-state index contributed by atoms with van der Waals surface area (Å²) < 4.78 is 34.2. The number of allylic oxidation sites excluding steroid dienone is 10. The molecule has 0 saturated heterocycles. The average molecular weight is 823 g/mol. The lowest BCUT2D eigenvalue weighted by atomic mass is 10.1. The van der Waals surface area contributed by atoms with Gasteiger partial charge in [-0.1, -0.05) is 138 Å². The molecule has 0 saturated carbocycles. The van der Waals surface area contributed by atoms with Crippen molar-refractivity contribution in [2.75, 3.05) is 47.5 Å². The number of ether oxygens (including phenoxy) is 2. The first kappa shape index (κ1) is 54.4. The number of hydrogen-bond donors (Lipinski definition) is 2. The van der Waals surface area contributed by atoms with E-state index in [1.165, 1.54) is 51.4 Å². The van der Waals surface area contributed by atoms with E-state index in [1.807, 2.05) is 70.6 Å². The average Bonchev–Trinajstić information content (AvgIpc) is 3.16. The number of phosphoric ester groups is 1. The molecule has 0 bridgehead atoms. The molecule has 0 amide bonds. The van der Waals surface area contributed by atoms with Crippen LogP contribution in [-0.2, 0) is 32.7 Å². The zero-order valence-electron chi connectivity index (χ0n) is 36.4. The van der Waals surface area contributed by atoms with Crippen molar-refractivity contribution in [2.24, 2.45) is 0 Å². The number of nitrogens with zero attached hydrogens (tertiary/aromatic N) is 1. The summed E-state index contributed by atoms with van der Waals surface area (Å²) in [6.45, 7) is 4.07. The Morgan fingerprint density at radius 2 is 1.21 bits per heavy atom. The Morgan fingerprint density at radius 1 is 0.649 bits per heavy atom. The summed E-state index contributed by atoms with van der Waals surface area (Å²) in [5.74, 6) is -0.902. The molecule has 10 nitrogen and oxygen atoms in total. The number of esters is 2. The molecule has 0 aromatic rings. The summed E-state index contributed by atoms with van der Waals surface area (Å²) in [6, 6.07) is 0. The van der Waals surface area contributed by atoms with E-state index in [9.17, 15) is 24.2 Å². The largest absolute Gasteiger partial charge is 0.472 e. The molecule has 2 unspecified atom stereocenters. The Kier molecular flexibility index (Phi) is 36.0. The van der Waals surface area contributed by atoms with Crippen LogP contribution in [0.1, 0.15) is 149 Å². The Labute approximate surface area is 347 Å². The van der Waals surface area contributed by atoms with Crippen LogP contribution < -0.4 is 0 Å². The van der Waals surface area contributed by atoms with E-state index in [0.29, 0.717) is 36.7 Å². The monoisotopic (exact) mass is 823 g/mol. The third-order valence-electron chi connectivity index (χ3n) is 8.80. The van der Waals surface area contributed by atoms with Gasteiger partial charge in [-0.25, -0.2) is 4.57 Å². The normalized spacial score (nSPS) is 14.9. The predicted octanol–water partition coefficient (Wildman–Crippen LogP) is 11.2. The topological polar surface area (TPSA) is 129 Å². The first-order chi connectivity index (χ1) is 27.4. The van der Waals surface area contributed by atoms with Crippen molar-refractivity contribution in [1.29, 1.82) is 0 Å². The fraction of sp³-hybridized carbons (Fsp3) is 0.696. The van der Waals surface area contributed by atoms with Gasteiger partial charge in [-0.05, 0) is 70.6 Å². The number of hydrogen-bond acceptors (Lipinski definition) is 8. The minimum absolute atomic E-state index is 0.00927. The van der Waals surface area contributed by atoms with E-state index in [1.54, 1.807) is 0 Å². The minimum atomic E-state index is -4.40. The van der Waals surface area contributed by atoms with E-state index in [2.05, 4.69) is 37.3 Å². The molecule has 0 aromatic carbocycles. The first-order valence-corrected chi connectivity index (χ1v) is 23.3. The maximum Gasteiger partial charge on any atom is 0.472 e. The molecular formula is C46H81NO9P+. The molecule has 0 aromatic heterocycles. The summed E-state index contributed by atoms with van der Waals surface area (Å²) in [6.07, 6.45) is 43.0. The summed E-state index contributed by atoms with van der Waals surface area (Å²) in [7, 11) is 1.40. The van der Waals surface area contributed by atoms with Crippen molar-refractivity contribution in [1.82, 2.24) is 0 Å². The highest BCUT2D eigenvalue weighted by Gasteiger charge is 2.27. The molecule has 11 heteroatoms. The number of aliphatic hydroxyl groups is 1. The van der Waals surface area contributed by atoms with Crippen molar-refractivity contribution in [2.45, 2.75) is 161 Å². The van der Waals surface area contributed by atoms with Gasteiger partial charge in [-0.3, -0.25) is 18.6 Å². The molecule has 0 fully saturated rings. The molecule has 2 N–H and O–H groups in total. The van der Waals surface area contributed by atoms with Gasteiger partial charge in [0.2, 0.25) is 0 Å². The molecular weight excluding hydrogens is 741 g/mol. The van der Waals surface area contributed by atoms with E-state index in [0.717, 1.165) is 44.9 Å². The van der Waals surface area contributed by atoms with Crippen LogP contribution in [0.25, 0.3) is 0 Å². The molecule has 0 aliphatic rings. The molecule has 0 rings (SSSR count). The van der Waals surface area contributed by atoms with Crippen molar-refractivity contribution < 1.29 is 47.2 Å².